The van der Waals surface area contributed by atoms with Crippen LogP contribution in [0.4, 0.5) is 0 Å². The van der Waals surface area contributed by atoms with Crippen molar-refractivity contribution in [2.45, 2.75) is 45.3 Å². The summed E-state index contributed by atoms with van der Waals surface area (Å²) in [6.45, 7) is 11.0. The lowest BCUT2D eigenvalue weighted by Crippen LogP contribution is -2.44. The van der Waals surface area contributed by atoms with Crippen LogP contribution in [0.15, 0.2) is 22.5 Å². The van der Waals surface area contributed by atoms with Gasteiger partial charge in [-0.3, -0.25) is 14.7 Å². The van der Waals surface area contributed by atoms with Crippen molar-refractivity contribution in [1.82, 2.24) is 20.4 Å². The van der Waals surface area contributed by atoms with E-state index in [2.05, 4.69) is 46.9 Å². The Morgan fingerprint density at radius 1 is 1.41 bits per heavy atom. The van der Waals surface area contributed by atoms with Crippen molar-refractivity contribution in [3.8, 4) is 0 Å². The number of nitrogens with one attached hydrogen (secondary N) is 2. The zero-order chi connectivity index (χ0) is 20.5. The van der Waals surface area contributed by atoms with E-state index in [-0.39, 0.29) is 12.1 Å². The third-order valence-corrected chi connectivity index (χ3v) is 6.39. The number of aliphatic imine (C=N–C) groups is 1. The number of hydrogen-bond acceptors (Lipinski definition) is 5. The van der Waals surface area contributed by atoms with E-state index < -0.39 is 0 Å². The topological polar surface area (TPSA) is 69.2 Å². The first kappa shape index (κ1) is 22.1. The van der Waals surface area contributed by atoms with Crippen LogP contribution in [0.2, 0.25) is 0 Å². The van der Waals surface area contributed by atoms with Crippen LogP contribution in [0, 0.1) is 0 Å². The van der Waals surface area contributed by atoms with Gasteiger partial charge in [0.05, 0.1) is 25.3 Å². The molecular formula is C21H35N5O2S. The Labute approximate surface area is 178 Å². The first-order valence-corrected chi connectivity index (χ1v) is 11.7. The average molecular weight is 422 g/mol. The van der Waals surface area contributed by atoms with Gasteiger partial charge >= 0.3 is 0 Å². The van der Waals surface area contributed by atoms with E-state index in [4.69, 9.17) is 9.73 Å². The molecule has 0 bridgehead atoms. The van der Waals surface area contributed by atoms with Crippen molar-refractivity contribution in [3.63, 3.8) is 0 Å². The molecule has 2 unspecified atom stereocenters. The molecule has 8 heteroatoms. The van der Waals surface area contributed by atoms with Gasteiger partial charge in [-0.05, 0) is 38.1 Å². The number of morpholine rings is 1. The summed E-state index contributed by atoms with van der Waals surface area (Å²) in [5.74, 6) is 1.15. The lowest BCUT2D eigenvalue weighted by Gasteiger charge is -2.36. The van der Waals surface area contributed by atoms with Gasteiger partial charge in [-0.1, -0.05) is 6.07 Å². The van der Waals surface area contributed by atoms with Crippen LogP contribution in [-0.4, -0.2) is 80.2 Å². The Balaban J connectivity index is 1.54. The van der Waals surface area contributed by atoms with Crippen LogP contribution in [0.5, 0.6) is 0 Å². The molecule has 2 N–H and O–H groups in total. The van der Waals surface area contributed by atoms with E-state index >= 15 is 0 Å². The second-order valence-corrected chi connectivity index (χ2v) is 8.67. The Morgan fingerprint density at radius 2 is 2.31 bits per heavy atom. The molecule has 29 heavy (non-hydrogen) atoms. The molecule has 0 spiro atoms. The largest absolute Gasteiger partial charge is 0.376 e. The number of amides is 1. The molecule has 0 saturated carbocycles. The third-order valence-electron chi connectivity index (χ3n) is 5.42. The highest BCUT2D eigenvalue weighted by Gasteiger charge is 2.26. The maximum absolute atomic E-state index is 11.7. The van der Waals surface area contributed by atoms with Gasteiger partial charge in [0.2, 0.25) is 5.91 Å². The number of thiophene rings is 1. The summed E-state index contributed by atoms with van der Waals surface area (Å²) >= 11 is 1.80. The molecule has 2 aliphatic rings. The highest BCUT2D eigenvalue weighted by Crippen LogP contribution is 2.27. The number of ether oxygens (including phenoxy) is 1. The monoisotopic (exact) mass is 421 g/mol. The molecule has 162 valence electrons. The summed E-state index contributed by atoms with van der Waals surface area (Å²) in [5.41, 5.74) is 0. The summed E-state index contributed by atoms with van der Waals surface area (Å²) in [4.78, 5) is 22.4. The molecule has 1 aromatic heterocycles. The SMILES string of the molecule is CCNC(=NCC(c1cccs1)N1CCOC(C)C1)NCCCN1CCCC1=O. The molecule has 1 amide bonds. The fraction of sp³-hybridized carbons (Fsp3) is 0.714. The van der Waals surface area contributed by atoms with Gasteiger partial charge < -0.3 is 20.3 Å². The van der Waals surface area contributed by atoms with Gasteiger partial charge in [0.15, 0.2) is 5.96 Å². The van der Waals surface area contributed by atoms with E-state index in [0.29, 0.717) is 18.9 Å². The summed E-state index contributed by atoms with van der Waals surface area (Å²) in [6, 6.07) is 4.60. The average Bonchev–Trinajstić information content (AvgIpc) is 3.37. The minimum atomic E-state index is 0.259. The molecule has 2 saturated heterocycles. The summed E-state index contributed by atoms with van der Waals surface area (Å²) < 4.78 is 5.73. The maximum atomic E-state index is 11.7. The molecule has 0 aromatic carbocycles. The highest BCUT2D eigenvalue weighted by molar-refractivity contribution is 7.10. The van der Waals surface area contributed by atoms with Crippen LogP contribution in [0.25, 0.3) is 0 Å². The van der Waals surface area contributed by atoms with Crippen LogP contribution in [0.1, 0.15) is 44.0 Å². The van der Waals surface area contributed by atoms with Crippen molar-refractivity contribution in [2.75, 3.05) is 52.4 Å². The van der Waals surface area contributed by atoms with E-state index in [9.17, 15) is 4.79 Å². The van der Waals surface area contributed by atoms with Crippen molar-refractivity contribution in [3.05, 3.63) is 22.4 Å². The minimum absolute atomic E-state index is 0.259. The van der Waals surface area contributed by atoms with E-state index in [1.165, 1.54) is 4.88 Å². The molecule has 1 aromatic rings. The zero-order valence-electron chi connectivity index (χ0n) is 17.7. The molecule has 2 atom stereocenters. The maximum Gasteiger partial charge on any atom is 0.222 e. The van der Waals surface area contributed by atoms with Gasteiger partial charge in [-0.25, -0.2) is 0 Å². The van der Waals surface area contributed by atoms with Crippen LogP contribution in [0.3, 0.4) is 0 Å². The van der Waals surface area contributed by atoms with Gasteiger partial charge in [0, 0.05) is 50.6 Å². The fourth-order valence-electron chi connectivity index (χ4n) is 3.93. The first-order chi connectivity index (χ1) is 14.2. The Kier molecular flexibility index (Phi) is 8.76. The molecule has 3 heterocycles. The zero-order valence-corrected chi connectivity index (χ0v) is 18.5. The molecule has 2 aliphatic heterocycles. The van der Waals surface area contributed by atoms with Crippen molar-refractivity contribution in [2.24, 2.45) is 4.99 Å². The van der Waals surface area contributed by atoms with Gasteiger partial charge in [0.25, 0.3) is 0 Å². The number of hydrogen-bond donors (Lipinski definition) is 2. The normalized spacial score (nSPS) is 22.1. The Hall–Kier alpha value is -1.64. The second-order valence-electron chi connectivity index (χ2n) is 7.69. The second kappa shape index (κ2) is 11.5. The van der Waals surface area contributed by atoms with Crippen LogP contribution < -0.4 is 10.6 Å². The Bertz CT molecular complexity index is 652. The quantitative estimate of drug-likeness (QED) is 0.363. The predicted molar refractivity (Wildman–Crippen MR) is 118 cm³/mol. The third kappa shape index (κ3) is 6.69. The first-order valence-electron chi connectivity index (χ1n) is 10.9. The molecule has 2 fully saturated rings. The predicted octanol–water partition coefficient (Wildman–Crippen LogP) is 2.08. The molecule has 3 rings (SSSR count). The highest BCUT2D eigenvalue weighted by atomic mass is 32.1. The van der Waals surface area contributed by atoms with Crippen LogP contribution >= 0.6 is 11.3 Å². The lowest BCUT2D eigenvalue weighted by molar-refractivity contribution is -0.127. The molecule has 0 radical (unpaired) electrons. The number of carbonyl (C=O) groups is 1. The number of carbonyl (C=O) groups excluding carboxylic acids is 1. The van der Waals surface area contributed by atoms with Gasteiger partial charge in [0.1, 0.15) is 0 Å². The smallest absolute Gasteiger partial charge is 0.222 e. The number of guanidine groups is 1. The van der Waals surface area contributed by atoms with Crippen molar-refractivity contribution < 1.29 is 9.53 Å². The molecule has 0 aliphatic carbocycles. The summed E-state index contributed by atoms with van der Waals surface area (Å²) in [7, 11) is 0. The van der Waals surface area contributed by atoms with E-state index in [1.807, 2.05) is 4.90 Å². The standard InChI is InChI=1S/C21H35N5O2S/c1-3-22-21(23-9-6-11-25-10-4-8-20(25)27)24-15-18(19-7-5-14-29-19)26-12-13-28-17(2)16-26/h5,7,14,17-18H,3-4,6,8-13,15-16H2,1-2H3,(H2,22,23,24). The number of rotatable bonds is 9. The van der Waals surface area contributed by atoms with Crippen molar-refractivity contribution >= 4 is 23.2 Å². The minimum Gasteiger partial charge on any atom is -0.376 e. The van der Waals surface area contributed by atoms with E-state index in [0.717, 1.165) is 64.7 Å². The molecule has 7 nitrogen and oxygen atoms in total. The number of nitrogens with zero attached hydrogens (tertiary/aromatic N) is 3. The summed E-state index contributed by atoms with van der Waals surface area (Å²) in [6.07, 6.45) is 2.91. The van der Waals surface area contributed by atoms with Crippen LogP contribution in [-0.2, 0) is 9.53 Å². The fourth-order valence-corrected chi connectivity index (χ4v) is 4.78. The van der Waals surface area contributed by atoms with Gasteiger partial charge in [-0.2, -0.15) is 0 Å². The Morgan fingerprint density at radius 3 is 3.00 bits per heavy atom. The van der Waals surface area contributed by atoms with E-state index in [1.54, 1.807) is 11.3 Å². The summed E-state index contributed by atoms with van der Waals surface area (Å²) in [5, 5.41) is 8.92. The lowest BCUT2D eigenvalue weighted by atomic mass is 10.1. The van der Waals surface area contributed by atoms with Crippen molar-refractivity contribution in [1.29, 1.82) is 0 Å². The molecular weight excluding hydrogens is 386 g/mol. The van der Waals surface area contributed by atoms with Gasteiger partial charge in [-0.15, -0.1) is 11.3 Å². The number of likely N-dealkylation sites (tertiary alicyclic amines) is 1.